The first-order chi connectivity index (χ1) is 23.1. The van der Waals surface area contributed by atoms with Crippen LogP contribution in [0, 0.1) is 0 Å². The van der Waals surface area contributed by atoms with Gasteiger partial charge in [-0.25, -0.2) is 9.78 Å². The number of methoxy groups -OCH3 is 2. The molecule has 0 saturated heterocycles. The van der Waals surface area contributed by atoms with Crippen LogP contribution in [-0.4, -0.2) is 63.7 Å². The highest BCUT2D eigenvalue weighted by Crippen LogP contribution is 2.41. The second-order valence-electron chi connectivity index (χ2n) is 13.9. The van der Waals surface area contributed by atoms with Crippen LogP contribution in [0.4, 0.5) is 4.79 Å². The van der Waals surface area contributed by atoms with Gasteiger partial charge in [-0.05, 0) is 93.8 Å². The number of aromatic nitrogens is 4. The Balaban J connectivity index is 1.22. The van der Waals surface area contributed by atoms with Crippen molar-refractivity contribution < 1.29 is 19.0 Å². The molecular formula is C39H43N5O4. The number of carbonyl (C=O) groups is 1. The first kappa shape index (κ1) is 31.7. The van der Waals surface area contributed by atoms with Crippen molar-refractivity contribution in [3.05, 3.63) is 89.2 Å². The third-order valence-corrected chi connectivity index (χ3v) is 9.62. The Labute approximate surface area is 281 Å². The topological polar surface area (TPSA) is 91.6 Å². The van der Waals surface area contributed by atoms with Gasteiger partial charge in [0.15, 0.2) is 0 Å². The molecule has 0 unspecified atom stereocenters. The molecule has 48 heavy (non-hydrogen) atoms. The Morgan fingerprint density at radius 2 is 1.77 bits per heavy atom. The van der Waals surface area contributed by atoms with Gasteiger partial charge in [0.1, 0.15) is 34.0 Å². The van der Waals surface area contributed by atoms with E-state index in [0.29, 0.717) is 6.54 Å². The summed E-state index contributed by atoms with van der Waals surface area (Å²) < 4.78 is 18.9. The molecule has 0 radical (unpaired) electrons. The summed E-state index contributed by atoms with van der Waals surface area (Å²) in [6.45, 7) is 6.23. The van der Waals surface area contributed by atoms with Gasteiger partial charge < -0.3 is 19.1 Å². The lowest BCUT2D eigenvalue weighted by atomic mass is 9.77. The lowest BCUT2D eigenvalue weighted by Gasteiger charge is -2.41. The molecule has 0 atom stereocenters. The van der Waals surface area contributed by atoms with Gasteiger partial charge in [0.25, 0.3) is 0 Å². The van der Waals surface area contributed by atoms with Crippen molar-refractivity contribution in [1.29, 1.82) is 0 Å². The fourth-order valence-electron chi connectivity index (χ4n) is 6.90. The Morgan fingerprint density at radius 1 is 0.979 bits per heavy atom. The van der Waals surface area contributed by atoms with Crippen molar-refractivity contribution in [2.75, 3.05) is 21.3 Å². The lowest BCUT2D eigenvalue weighted by molar-refractivity contribution is 0.0117. The Morgan fingerprint density at radius 3 is 2.46 bits per heavy atom. The zero-order valence-corrected chi connectivity index (χ0v) is 28.6. The molecule has 0 N–H and O–H groups in total. The summed E-state index contributed by atoms with van der Waals surface area (Å²) in [6.07, 6.45) is 6.62. The summed E-state index contributed by atoms with van der Waals surface area (Å²) in [5.41, 5.74) is 9.71. The molecule has 3 heterocycles. The Kier molecular flexibility index (Phi) is 8.31. The second-order valence-corrected chi connectivity index (χ2v) is 13.9. The number of carbonyl (C=O) groups excluding carboxylic acids is 1. The average Bonchev–Trinajstić information content (AvgIpc) is 3.68. The summed E-state index contributed by atoms with van der Waals surface area (Å²) in [5, 5.41) is 5.14. The largest absolute Gasteiger partial charge is 0.497 e. The number of pyridine rings is 2. The van der Waals surface area contributed by atoms with E-state index in [1.165, 1.54) is 11.1 Å². The Bertz CT molecular complexity index is 1950. The van der Waals surface area contributed by atoms with Crippen molar-refractivity contribution in [2.24, 2.45) is 0 Å². The number of rotatable bonds is 8. The van der Waals surface area contributed by atoms with E-state index < -0.39 is 5.60 Å². The fourth-order valence-corrected chi connectivity index (χ4v) is 6.90. The van der Waals surface area contributed by atoms with Crippen molar-refractivity contribution in [3.8, 4) is 34.0 Å². The van der Waals surface area contributed by atoms with E-state index in [1.807, 2.05) is 50.8 Å². The van der Waals surface area contributed by atoms with Crippen LogP contribution < -0.4 is 9.47 Å². The molecule has 248 valence electrons. The standard InChI is InChI=1S/C39H43N5O4/c1-39(2,3)48-38(45)43(4)28-19-27(20-28)32-18-15-26(22-40-32)35-37-33(44(42-35)23-24-13-16-29(46-5)17-14-24)21-34(47-6)36(41-37)31-12-8-10-25-9-7-11-30(25)31/h8,10,12-18,21-22,27-28H,7,9,11,19-20,23H2,1-6H3. The SMILES string of the molecule is COc1ccc(Cn2nc(-c3ccc(C4CC(N(C)C(=O)OC(C)(C)C)C4)nc3)c3nc(-c4cccc5c4CCC5)c(OC)cc32)cc1. The minimum absolute atomic E-state index is 0.140. The lowest BCUT2D eigenvalue weighted by Crippen LogP contribution is -2.46. The van der Waals surface area contributed by atoms with E-state index >= 15 is 0 Å². The van der Waals surface area contributed by atoms with E-state index in [9.17, 15) is 4.79 Å². The molecule has 2 aliphatic rings. The van der Waals surface area contributed by atoms with Gasteiger partial charge in [-0.3, -0.25) is 9.67 Å². The quantitative estimate of drug-likeness (QED) is 0.170. The number of fused-ring (bicyclic) bond motifs is 2. The van der Waals surface area contributed by atoms with Gasteiger partial charge in [-0.2, -0.15) is 5.10 Å². The van der Waals surface area contributed by atoms with E-state index in [4.69, 9.17) is 29.3 Å². The molecule has 1 amide bonds. The molecule has 0 spiro atoms. The van der Waals surface area contributed by atoms with E-state index in [2.05, 4.69) is 48.5 Å². The average molecular weight is 646 g/mol. The molecule has 1 fully saturated rings. The molecular weight excluding hydrogens is 602 g/mol. The smallest absolute Gasteiger partial charge is 0.410 e. The maximum absolute atomic E-state index is 12.6. The van der Waals surface area contributed by atoms with Gasteiger partial charge in [0.2, 0.25) is 0 Å². The second kappa shape index (κ2) is 12.6. The highest BCUT2D eigenvalue weighted by atomic mass is 16.6. The molecule has 7 rings (SSSR count). The molecule has 2 aliphatic carbocycles. The van der Waals surface area contributed by atoms with Crippen LogP contribution in [0.5, 0.6) is 11.5 Å². The molecule has 5 aromatic rings. The monoisotopic (exact) mass is 645 g/mol. The third-order valence-electron chi connectivity index (χ3n) is 9.62. The van der Waals surface area contributed by atoms with E-state index in [1.54, 1.807) is 19.1 Å². The van der Waals surface area contributed by atoms with Crippen LogP contribution in [0.3, 0.4) is 0 Å². The highest BCUT2D eigenvalue weighted by Gasteiger charge is 2.37. The van der Waals surface area contributed by atoms with Crippen LogP contribution in [0.25, 0.3) is 33.5 Å². The van der Waals surface area contributed by atoms with Crippen LogP contribution in [0.2, 0.25) is 0 Å². The van der Waals surface area contributed by atoms with Crippen LogP contribution in [0.1, 0.15) is 68.3 Å². The van der Waals surface area contributed by atoms with Crippen LogP contribution in [-0.2, 0) is 24.1 Å². The normalized spacial score (nSPS) is 17.1. The fraction of sp³-hybridized carbons (Fsp3) is 0.385. The molecule has 3 aromatic heterocycles. The van der Waals surface area contributed by atoms with Crippen molar-refractivity contribution in [2.45, 2.75) is 77.0 Å². The zero-order valence-electron chi connectivity index (χ0n) is 28.6. The maximum atomic E-state index is 12.6. The first-order valence-electron chi connectivity index (χ1n) is 16.7. The van der Waals surface area contributed by atoms with Crippen LogP contribution in [0.15, 0.2) is 66.9 Å². The Hall–Kier alpha value is -4.92. The predicted octanol–water partition coefficient (Wildman–Crippen LogP) is 7.83. The molecule has 2 aromatic carbocycles. The first-order valence-corrected chi connectivity index (χ1v) is 16.7. The predicted molar refractivity (Wildman–Crippen MR) is 187 cm³/mol. The minimum atomic E-state index is -0.514. The molecule has 9 heteroatoms. The van der Waals surface area contributed by atoms with E-state index in [-0.39, 0.29) is 18.1 Å². The number of ether oxygens (including phenoxy) is 3. The van der Waals surface area contributed by atoms with Gasteiger partial charge in [-0.1, -0.05) is 30.3 Å². The number of aryl methyl sites for hydroxylation is 1. The maximum Gasteiger partial charge on any atom is 0.410 e. The molecule has 9 nitrogen and oxygen atoms in total. The molecule has 0 bridgehead atoms. The summed E-state index contributed by atoms with van der Waals surface area (Å²) in [5.74, 6) is 1.83. The summed E-state index contributed by atoms with van der Waals surface area (Å²) >= 11 is 0. The van der Waals surface area contributed by atoms with Gasteiger partial charge >= 0.3 is 6.09 Å². The van der Waals surface area contributed by atoms with E-state index in [0.717, 1.165) is 88.4 Å². The number of amides is 1. The number of hydrogen-bond donors (Lipinski definition) is 0. The van der Waals surface area contributed by atoms with Crippen molar-refractivity contribution in [1.82, 2.24) is 24.6 Å². The zero-order chi connectivity index (χ0) is 33.6. The van der Waals surface area contributed by atoms with Gasteiger partial charge in [0.05, 0.1) is 26.3 Å². The summed E-state index contributed by atoms with van der Waals surface area (Å²) in [7, 11) is 5.20. The minimum Gasteiger partial charge on any atom is -0.497 e. The molecule has 1 saturated carbocycles. The number of benzene rings is 2. The van der Waals surface area contributed by atoms with Crippen LogP contribution >= 0.6 is 0 Å². The summed E-state index contributed by atoms with van der Waals surface area (Å²) in [6, 6.07) is 20.9. The van der Waals surface area contributed by atoms with Gasteiger partial charge in [-0.15, -0.1) is 0 Å². The molecule has 0 aliphatic heterocycles. The van der Waals surface area contributed by atoms with Crippen molar-refractivity contribution >= 4 is 17.1 Å². The van der Waals surface area contributed by atoms with Crippen molar-refractivity contribution in [3.63, 3.8) is 0 Å². The highest BCUT2D eigenvalue weighted by molar-refractivity contribution is 5.93. The number of nitrogens with zero attached hydrogens (tertiary/aromatic N) is 5. The number of hydrogen-bond acceptors (Lipinski definition) is 7. The summed E-state index contributed by atoms with van der Waals surface area (Å²) in [4.78, 5) is 24.5. The van der Waals surface area contributed by atoms with Gasteiger partial charge in [0, 0.05) is 48.1 Å². The third kappa shape index (κ3) is 6.09.